The molecule has 0 unspecified atom stereocenters. The fourth-order valence-electron chi connectivity index (χ4n) is 2.56. The Hall–Kier alpha value is -1.26. The van der Waals surface area contributed by atoms with Gasteiger partial charge in [-0.25, -0.2) is 13.4 Å². The normalized spacial score (nSPS) is 11.6. The molecule has 1 N–H and O–H groups in total. The van der Waals surface area contributed by atoms with Crippen molar-refractivity contribution in [1.29, 1.82) is 0 Å². The molecule has 0 saturated heterocycles. The van der Waals surface area contributed by atoms with Crippen molar-refractivity contribution in [1.82, 2.24) is 10.2 Å². The number of nitrogens with zero attached hydrogens (tertiary/aromatic N) is 2. The first kappa shape index (κ1) is 24.8. The predicted molar refractivity (Wildman–Crippen MR) is 129 cm³/mol. The zero-order valence-electron chi connectivity index (χ0n) is 16.7. The van der Waals surface area contributed by atoms with Crippen LogP contribution in [-0.2, 0) is 22.9 Å². The molecule has 154 valence electrons. The Kier molecular flexibility index (Phi) is 10.3. The van der Waals surface area contributed by atoms with E-state index in [1.807, 2.05) is 26.1 Å². The van der Waals surface area contributed by atoms with E-state index in [2.05, 4.69) is 45.7 Å². The van der Waals surface area contributed by atoms with Gasteiger partial charge in [-0.05, 0) is 48.6 Å². The number of benzene rings is 2. The van der Waals surface area contributed by atoms with Crippen molar-refractivity contribution in [2.75, 3.05) is 26.1 Å². The summed E-state index contributed by atoms with van der Waals surface area (Å²) in [6.07, 6.45) is 3.28. The SMILES string of the molecule is CCNC(=NCc1ccc(S(C)(=O)=O)cc1)N(C)Cc1ccc(SC)cc1.I. The monoisotopic (exact) mass is 533 g/mol. The van der Waals surface area contributed by atoms with E-state index in [0.717, 1.165) is 24.6 Å². The maximum absolute atomic E-state index is 11.6. The molecule has 0 aliphatic heterocycles. The van der Waals surface area contributed by atoms with Gasteiger partial charge in [0.05, 0.1) is 11.4 Å². The molecular weight excluding hydrogens is 505 g/mol. The lowest BCUT2D eigenvalue weighted by Crippen LogP contribution is -2.38. The zero-order valence-corrected chi connectivity index (χ0v) is 20.6. The minimum Gasteiger partial charge on any atom is -0.357 e. The van der Waals surface area contributed by atoms with Crippen LogP contribution in [0.1, 0.15) is 18.1 Å². The molecule has 2 rings (SSSR count). The molecule has 0 aliphatic rings. The number of sulfone groups is 1. The standard InChI is InChI=1S/C20H27N3O2S2.HI/c1-5-21-20(23(2)15-17-6-10-18(26-3)11-7-17)22-14-16-8-12-19(13-9-16)27(4,24)25;/h6-13H,5,14-15H2,1-4H3,(H,21,22);1H. The summed E-state index contributed by atoms with van der Waals surface area (Å²) in [6.45, 7) is 4.06. The fourth-order valence-corrected chi connectivity index (χ4v) is 3.60. The van der Waals surface area contributed by atoms with Crippen LogP contribution < -0.4 is 5.32 Å². The molecule has 0 fully saturated rings. The number of thioether (sulfide) groups is 1. The van der Waals surface area contributed by atoms with Gasteiger partial charge in [0.2, 0.25) is 0 Å². The molecule has 0 heterocycles. The first-order chi connectivity index (χ1) is 12.8. The van der Waals surface area contributed by atoms with Crippen LogP contribution in [0.5, 0.6) is 0 Å². The van der Waals surface area contributed by atoms with Crippen molar-refractivity contribution in [3.05, 3.63) is 59.7 Å². The molecule has 0 atom stereocenters. The van der Waals surface area contributed by atoms with E-state index in [-0.39, 0.29) is 24.0 Å². The van der Waals surface area contributed by atoms with E-state index in [4.69, 9.17) is 0 Å². The van der Waals surface area contributed by atoms with E-state index >= 15 is 0 Å². The average Bonchev–Trinajstić information content (AvgIpc) is 2.65. The Morgan fingerprint density at radius 3 is 2.14 bits per heavy atom. The second-order valence-corrected chi connectivity index (χ2v) is 9.19. The van der Waals surface area contributed by atoms with Crippen LogP contribution in [0.3, 0.4) is 0 Å². The Balaban J connectivity index is 0.00000392. The Bertz CT molecular complexity index is 867. The number of rotatable bonds is 7. The lowest BCUT2D eigenvalue weighted by molar-refractivity contribution is 0.476. The molecule has 0 amide bonds. The van der Waals surface area contributed by atoms with Crippen LogP contribution in [0.25, 0.3) is 0 Å². The van der Waals surface area contributed by atoms with Crippen molar-refractivity contribution in [3.8, 4) is 0 Å². The average molecular weight is 534 g/mol. The molecule has 0 radical (unpaired) electrons. The lowest BCUT2D eigenvalue weighted by Gasteiger charge is -2.22. The number of hydrogen-bond acceptors (Lipinski definition) is 4. The molecule has 2 aromatic rings. The van der Waals surface area contributed by atoms with Crippen LogP contribution >= 0.6 is 35.7 Å². The van der Waals surface area contributed by atoms with Crippen molar-refractivity contribution < 1.29 is 8.42 Å². The summed E-state index contributed by atoms with van der Waals surface area (Å²) in [6, 6.07) is 15.4. The van der Waals surface area contributed by atoms with Crippen LogP contribution in [0.2, 0.25) is 0 Å². The van der Waals surface area contributed by atoms with E-state index in [1.54, 1.807) is 23.9 Å². The highest BCUT2D eigenvalue weighted by Gasteiger charge is 2.08. The summed E-state index contributed by atoms with van der Waals surface area (Å²) in [4.78, 5) is 8.35. The van der Waals surface area contributed by atoms with Crippen LogP contribution in [0.4, 0.5) is 0 Å². The van der Waals surface area contributed by atoms with Crippen LogP contribution in [-0.4, -0.2) is 45.4 Å². The molecule has 0 spiro atoms. The molecule has 0 saturated carbocycles. The third-order valence-corrected chi connectivity index (χ3v) is 5.91. The summed E-state index contributed by atoms with van der Waals surface area (Å²) in [5.41, 5.74) is 2.19. The number of hydrogen-bond donors (Lipinski definition) is 1. The first-order valence-electron chi connectivity index (χ1n) is 8.75. The summed E-state index contributed by atoms with van der Waals surface area (Å²) >= 11 is 1.73. The topological polar surface area (TPSA) is 61.8 Å². The summed E-state index contributed by atoms with van der Waals surface area (Å²) in [5.74, 6) is 0.818. The number of halogens is 1. The largest absolute Gasteiger partial charge is 0.357 e. The Morgan fingerprint density at radius 2 is 1.64 bits per heavy atom. The molecule has 5 nitrogen and oxygen atoms in total. The van der Waals surface area contributed by atoms with Crippen molar-refractivity contribution in [2.45, 2.75) is 29.8 Å². The summed E-state index contributed by atoms with van der Waals surface area (Å²) in [5, 5.41) is 3.31. The number of nitrogens with one attached hydrogen (secondary N) is 1. The number of guanidine groups is 1. The second-order valence-electron chi connectivity index (χ2n) is 6.29. The van der Waals surface area contributed by atoms with E-state index < -0.39 is 9.84 Å². The van der Waals surface area contributed by atoms with Gasteiger partial charge in [-0.15, -0.1) is 35.7 Å². The van der Waals surface area contributed by atoms with Crippen molar-refractivity contribution in [3.63, 3.8) is 0 Å². The Morgan fingerprint density at radius 1 is 1.07 bits per heavy atom. The van der Waals surface area contributed by atoms with E-state index in [0.29, 0.717) is 11.4 Å². The van der Waals surface area contributed by atoms with Gasteiger partial charge in [0.15, 0.2) is 15.8 Å². The minimum atomic E-state index is -3.17. The molecule has 8 heteroatoms. The van der Waals surface area contributed by atoms with E-state index in [1.165, 1.54) is 16.7 Å². The molecule has 28 heavy (non-hydrogen) atoms. The number of aliphatic imine (C=N–C) groups is 1. The molecule has 0 aliphatic carbocycles. The van der Waals surface area contributed by atoms with Gasteiger partial charge in [-0.2, -0.15) is 0 Å². The van der Waals surface area contributed by atoms with Crippen LogP contribution in [0, 0.1) is 0 Å². The summed E-state index contributed by atoms with van der Waals surface area (Å²) in [7, 11) is -1.16. The maximum atomic E-state index is 11.6. The second kappa shape index (κ2) is 11.7. The van der Waals surface area contributed by atoms with Gasteiger partial charge in [-0.3, -0.25) is 0 Å². The predicted octanol–water partition coefficient (Wildman–Crippen LogP) is 4.03. The Labute approximate surface area is 190 Å². The van der Waals surface area contributed by atoms with Gasteiger partial charge >= 0.3 is 0 Å². The van der Waals surface area contributed by atoms with Crippen molar-refractivity contribution >= 4 is 51.5 Å². The first-order valence-corrected chi connectivity index (χ1v) is 11.9. The molecule has 0 aromatic heterocycles. The molecule has 0 bridgehead atoms. The van der Waals surface area contributed by atoms with Gasteiger partial charge in [-0.1, -0.05) is 24.3 Å². The fraction of sp³-hybridized carbons (Fsp3) is 0.350. The van der Waals surface area contributed by atoms with Gasteiger partial charge in [0, 0.05) is 31.3 Å². The third kappa shape index (κ3) is 7.63. The van der Waals surface area contributed by atoms with E-state index in [9.17, 15) is 8.42 Å². The quantitative estimate of drug-likeness (QED) is 0.252. The smallest absolute Gasteiger partial charge is 0.194 e. The maximum Gasteiger partial charge on any atom is 0.194 e. The highest BCUT2D eigenvalue weighted by atomic mass is 127. The van der Waals surface area contributed by atoms with Gasteiger partial charge < -0.3 is 10.2 Å². The summed E-state index contributed by atoms with van der Waals surface area (Å²) < 4.78 is 23.1. The zero-order chi connectivity index (χ0) is 19.9. The lowest BCUT2D eigenvalue weighted by atomic mass is 10.2. The highest BCUT2D eigenvalue weighted by Crippen LogP contribution is 2.16. The molecular formula is C20H28IN3O2S2. The van der Waals surface area contributed by atoms with Crippen molar-refractivity contribution in [2.24, 2.45) is 4.99 Å². The third-order valence-electron chi connectivity index (χ3n) is 4.04. The minimum absolute atomic E-state index is 0. The van der Waals surface area contributed by atoms with Gasteiger partial charge in [0.1, 0.15) is 0 Å². The highest BCUT2D eigenvalue weighted by molar-refractivity contribution is 14.0. The van der Waals surface area contributed by atoms with Crippen LogP contribution in [0.15, 0.2) is 63.3 Å². The molecule has 2 aromatic carbocycles. The van der Waals surface area contributed by atoms with Gasteiger partial charge in [0.25, 0.3) is 0 Å².